The molecular formula is C9H16O2. The van der Waals surface area contributed by atoms with E-state index in [1.54, 1.807) is 7.11 Å². The van der Waals surface area contributed by atoms with Crippen molar-refractivity contribution in [3.8, 4) is 0 Å². The molecule has 1 saturated carbocycles. The van der Waals surface area contributed by atoms with Crippen molar-refractivity contribution in [1.82, 2.24) is 0 Å². The summed E-state index contributed by atoms with van der Waals surface area (Å²) in [5.41, 5.74) is 0. The van der Waals surface area contributed by atoms with E-state index in [-0.39, 0.29) is 0 Å². The summed E-state index contributed by atoms with van der Waals surface area (Å²) < 4.78 is 5.25. The van der Waals surface area contributed by atoms with Crippen LogP contribution in [0.15, 0.2) is 0 Å². The maximum absolute atomic E-state index is 10.2. The summed E-state index contributed by atoms with van der Waals surface area (Å²) in [6.07, 6.45) is 6.84. The molecule has 1 aliphatic carbocycles. The lowest BCUT2D eigenvalue weighted by molar-refractivity contribution is -0.109. The Balaban J connectivity index is 2.27. The van der Waals surface area contributed by atoms with Gasteiger partial charge in [0.1, 0.15) is 6.29 Å². The van der Waals surface area contributed by atoms with Gasteiger partial charge in [0.05, 0.1) is 6.10 Å². The first-order chi connectivity index (χ1) is 5.36. The number of aldehydes is 1. The highest BCUT2D eigenvalue weighted by molar-refractivity contribution is 5.49. The smallest absolute Gasteiger partial charge is 0.120 e. The zero-order chi connectivity index (χ0) is 8.10. The van der Waals surface area contributed by atoms with Gasteiger partial charge in [0.15, 0.2) is 0 Å². The first-order valence-electron chi connectivity index (χ1n) is 4.33. The van der Waals surface area contributed by atoms with E-state index in [4.69, 9.17) is 4.74 Å². The molecular weight excluding hydrogens is 140 g/mol. The second-order valence-electron chi connectivity index (χ2n) is 3.29. The number of hydrogen-bond acceptors (Lipinski definition) is 2. The van der Waals surface area contributed by atoms with Crippen LogP contribution < -0.4 is 0 Å². The van der Waals surface area contributed by atoms with Crippen molar-refractivity contribution in [1.29, 1.82) is 0 Å². The Labute approximate surface area is 67.9 Å². The number of hydrogen-bond donors (Lipinski definition) is 0. The van der Waals surface area contributed by atoms with Crippen LogP contribution in [0.4, 0.5) is 0 Å². The molecule has 11 heavy (non-hydrogen) atoms. The molecule has 1 fully saturated rings. The van der Waals surface area contributed by atoms with E-state index in [0.29, 0.717) is 12.0 Å². The van der Waals surface area contributed by atoms with Crippen LogP contribution in [-0.4, -0.2) is 19.5 Å². The summed E-state index contributed by atoms with van der Waals surface area (Å²) in [5.74, 6) is 0.589. The predicted octanol–water partition coefficient (Wildman–Crippen LogP) is 1.78. The fraction of sp³-hybridized carbons (Fsp3) is 0.889. The highest BCUT2D eigenvalue weighted by atomic mass is 16.5. The molecule has 0 radical (unpaired) electrons. The quantitative estimate of drug-likeness (QED) is 0.582. The predicted molar refractivity (Wildman–Crippen MR) is 43.4 cm³/mol. The SMILES string of the molecule is CO[C@@H]1CCC[C@@H](CC=O)C1. The summed E-state index contributed by atoms with van der Waals surface area (Å²) in [6, 6.07) is 0. The minimum absolute atomic E-state index is 0.411. The topological polar surface area (TPSA) is 26.3 Å². The average molecular weight is 156 g/mol. The van der Waals surface area contributed by atoms with Crippen LogP contribution in [0.2, 0.25) is 0 Å². The number of carbonyl (C=O) groups is 1. The monoisotopic (exact) mass is 156 g/mol. The number of carbonyl (C=O) groups excluding carboxylic acids is 1. The van der Waals surface area contributed by atoms with Crippen LogP contribution in [0.25, 0.3) is 0 Å². The van der Waals surface area contributed by atoms with E-state index in [1.807, 2.05) is 0 Å². The van der Waals surface area contributed by atoms with Crippen LogP contribution in [0.3, 0.4) is 0 Å². The Morgan fingerprint density at radius 3 is 3.00 bits per heavy atom. The van der Waals surface area contributed by atoms with Crippen molar-refractivity contribution in [3.05, 3.63) is 0 Å². The maximum atomic E-state index is 10.2. The molecule has 0 saturated heterocycles. The lowest BCUT2D eigenvalue weighted by Crippen LogP contribution is -2.21. The molecule has 2 heteroatoms. The van der Waals surface area contributed by atoms with Gasteiger partial charge < -0.3 is 9.53 Å². The molecule has 0 amide bonds. The van der Waals surface area contributed by atoms with E-state index in [1.165, 1.54) is 19.3 Å². The van der Waals surface area contributed by atoms with Crippen LogP contribution >= 0.6 is 0 Å². The number of ether oxygens (including phenoxy) is 1. The van der Waals surface area contributed by atoms with Crippen LogP contribution in [0, 0.1) is 5.92 Å². The Bertz CT molecular complexity index is 123. The van der Waals surface area contributed by atoms with Crippen LogP contribution in [0.5, 0.6) is 0 Å². The highest BCUT2D eigenvalue weighted by Gasteiger charge is 2.20. The normalized spacial score (nSPS) is 31.7. The Kier molecular flexibility index (Phi) is 3.57. The number of rotatable bonds is 3. The van der Waals surface area contributed by atoms with Gasteiger partial charge in [-0.25, -0.2) is 0 Å². The molecule has 64 valence electrons. The summed E-state index contributed by atoms with van der Waals surface area (Å²) in [5, 5.41) is 0. The van der Waals surface area contributed by atoms with Crippen molar-refractivity contribution < 1.29 is 9.53 Å². The molecule has 0 bridgehead atoms. The Morgan fingerprint density at radius 1 is 1.55 bits per heavy atom. The molecule has 0 aromatic carbocycles. The maximum Gasteiger partial charge on any atom is 0.120 e. The summed E-state index contributed by atoms with van der Waals surface area (Å²) in [7, 11) is 1.76. The van der Waals surface area contributed by atoms with Crippen molar-refractivity contribution in [3.63, 3.8) is 0 Å². The van der Waals surface area contributed by atoms with E-state index < -0.39 is 0 Å². The summed E-state index contributed by atoms with van der Waals surface area (Å²) in [6.45, 7) is 0. The zero-order valence-corrected chi connectivity index (χ0v) is 7.08. The third-order valence-corrected chi connectivity index (χ3v) is 2.50. The lowest BCUT2D eigenvalue weighted by atomic mass is 9.85. The zero-order valence-electron chi connectivity index (χ0n) is 7.08. The van der Waals surface area contributed by atoms with E-state index in [9.17, 15) is 4.79 Å². The van der Waals surface area contributed by atoms with Crippen molar-refractivity contribution in [2.45, 2.75) is 38.2 Å². The first-order valence-corrected chi connectivity index (χ1v) is 4.33. The van der Waals surface area contributed by atoms with Gasteiger partial charge in [0.25, 0.3) is 0 Å². The Hall–Kier alpha value is -0.370. The van der Waals surface area contributed by atoms with E-state index >= 15 is 0 Å². The molecule has 0 aromatic heterocycles. The molecule has 0 N–H and O–H groups in total. The fourth-order valence-corrected chi connectivity index (χ4v) is 1.81. The molecule has 0 heterocycles. The van der Waals surface area contributed by atoms with Gasteiger partial charge in [-0.2, -0.15) is 0 Å². The van der Waals surface area contributed by atoms with Crippen molar-refractivity contribution in [2.75, 3.05) is 7.11 Å². The minimum Gasteiger partial charge on any atom is -0.381 e. The van der Waals surface area contributed by atoms with E-state index in [0.717, 1.165) is 19.1 Å². The van der Waals surface area contributed by atoms with Crippen LogP contribution in [-0.2, 0) is 9.53 Å². The Morgan fingerprint density at radius 2 is 2.36 bits per heavy atom. The molecule has 1 aliphatic rings. The molecule has 0 spiro atoms. The van der Waals surface area contributed by atoms with Crippen molar-refractivity contribution >= 4 is 6.29 Å². The van der Waals surface area contributed by atoms with Gasteiger partial charge in [-0.15, -0.1) is 0 Å². The van der Waals surface area contributed by atoms with Gasteiger partial charge in [-0.1, -0.05) is 6.42 Å². The molecule has 0 aromatic rings. The third kappa shape index (κ3) is 2.62. The molecule has 1 rings (SSSR count). The molecule has 0 unspecified atom stereocenters. The molecule has 0 aliphatic heterocycles. The van der Waals surface area contributed by atoms with Gasteiger partial charge in [-0.05, 0) is 25.2 Å². The van der Waals surface area contributed by atoms with Crippen LogP contribution in [0.1, 0.15) is 32.1 Å². The van der Waals surface area contributed by atoms with Gasteiger partial charge in [-0.3, -0.25) is 0 Å². The van der Waals surface area contributed by atoms with Crippen molar-refractivity contribution in [2.24, 2.45) is 5.92 Å². The standard InChI is InChI=1S/C9H16O2/c1-11-9-4-2-3-8(7-9)5-6-10/h6,8-9H,2-5,7H2,1H3/t8-,9+/m0/s1. The largest absolute Gasteiger partial charge is 0.381 e. The third-order valence-electron chi connectivity index (χ3n) is 2.50. The lowest BCUT2D eigenvalue weighted by Gasteiger charge is -2.26. The fourth-order valence-electron chi connectivity index (χ4n) is 1.81. The summed E-state index contributed by atoms with van der Waals surface area (Å²) >= 11 is 0. The van der Waals surface area contributed by atoms with Gasteiger partial charge >= 0.3 is 0 Å². The van der Waals surface area contributed by atoms with Gasteiger partial charge in [0, 0.05) is 13.5 Å². The second-order valence-corrected chi connectivity index (χ2v) is 3.29. The first kappa shape index (κ1) is 8.72. The summed E-state index contributed by atoms with van der Waals surface area (Å²) in [4.78, 5) is 10.2. The van der Waals surface area contributed by atoms with E-state index in [2.05, 4.69) is 0 Å². The van der Waals surface area contributed by atoms with Gasteiger partial charge in [0.2, 0.25) is 0 Å². The minimum atomic E-state index is 0.411. The average Bonchev–Trinajstić information content (AvgIpc) is 2.06. The molecule has 2 nitrogen and oxygen atoms in total. The highest BCUT2D eigenvalue weighted by Crippen LogP contribution is 2.27. The second kappa shape index (κ2) is 4.50. The molecule has 2 atom stereocenters. The number of methoxy groups -OCH3 is 1.